The summed E-state index contributed by atoms with van der Waals surface area (Å²) in [7, 11) is 0. The Morgan fingerprint density at radius 2 is 2.33 bits per heavy atom. The average molecular weight is 249 g/mol. The number of phenols is 1. The zero-order chi connectivity index (χ0) is 12.8. The third kappa shape index (κ3) is 3.47. The maximum atomic E-state index is 9.54. The molecule has 1 unspecified atom stereocenters. The van der Waals surface area contributed by atoms with Crippen LogP contribution in [-0.4, -0.2) is 31.4 Å². The van der Waals surface area contributed by atoms with Crippen LogP contribution in [0.4, 0.5) is 0 Å². The summed E-state index contributed by atoms with van der Waals surface area (Å²) < 4.78 is 5.59. The van der Waals surface area contributed by atoms with E-state index in [2.05, 4.69) is 18.3 Å². The van der Waals surface area contributed by atoms with Crippen LogP contribution in [0.1, 0.15) is 25.3 Å². The fourth-order valence-corrected chi connectivity index (χ4v) is 2.62. The molecular weight excluding hydrogens is 226 g/mol. The normalized spacial score (nSPS) is 23.4. The van der Waals surface area contributed by atoms with Crippen molar-refractivity contribution in [3.63, 3.8) is 0 Å². The quantitative estimate of drug-likeness (QED) is 0.760. The minimum Gasteiger partial charge on any atom is -0.508 e. The van der Waals surface area contributed by atoms with Gasteiger partial charge in [0.15, 0.2) is 0 Å². The van der Waals surface area contributed by atoms with E-state index in [1.807, 2.05) is 12.1 Å². The predicted octanol–water partition coefficient (Wildman–Crippen LogP) is 2.34. The van der Waals surface area contributed by atoms with Gasteiger partial charge in [0.2, 0.25) is 0 Å². The van der Waals surface area contributed by atoms with Crippen molar-refractivity contribution >= 4 is 0 Å². The van der Waals surface area contributed by atoms with E-state index in [0.29, 0.717) is 5.75 Å². The molecule has 0 radical (unpaired) electrons. The summed E-state index contributed by atoms with van der Waals surface area (Å²) in [4.78, 5) is 0. The molecule has 0 aliphatic carbocycles. The van der Waals surface area contributed by atoms with Crippen LogP contribution in [0.25, 0.3) is 0 Å². The summed E-state index contributed by atoms with van der Waals surface area (Å²) in [5.41, 5.74) is 1.39. The molecule has 1 aliphatic heterocycles. The van der Waals surface area contributed by atoms with Crippen LogP contribution < -0.4 is 5.32 Å². The van der Waals surface area contributed by atoms with Gasteiger partial charge in [-0.15, -0.1) is 0 Å². The molecule has 0 saturated carbocycles. The maximum absolute atomic E-state index is 9.54. The molecule has 0 bridgehead atoms. The molecular formula is C15H23NO2. The number of phenolic OH excluding ortho intramolecular Hbond substituents is 1. The molecule has 2 N–H and O–H groups in total. The molecule has 18 heavy (non-hydrogen) atoms. The molecule has 1 saturated heterocycles. The predicted molar refractivity (Wildman–Crippen MR) is 72.8 cm³/mol. The SMILES string of the molecule is CCCNCC1(Cc2cccc(O)c2)CCOC1. The lowest BCUT2D eigenvalue weighted by Crippen LogP contribution is -2.37. The number of aromatic hydroxyl groups is 1. The van der Waals surface area contributed by atoms with E-state index >= 15 is 0 Å². The molecule has 3 nitrogen and oxygen atoms in total. The Morgan fingerprint density at radius 3 is 3.00 bits per heavy atom. The lowest BCUT2D eigenvalue weighted by molar-refractivity contribution is 0.149. The standard InChI is InChI=1S/C15H23NO2/c1-2-7-16-11-15(6-8-18-12-15)10-13-4-3-5-14(17)9-13/h3-5,9,16-17H,2,6-8,10-12H2,1H3. The van der Waals surface area contributed by atoms with Crippen molar-refractivity contribution in [1.82, 2.24) is 5.32 Å². The number of hydrogen-bond donors (Lipinski definition) is 2. The van der Waals surface area contributed by atoms with Gasteiger partial charge in [-0.25, -0.2) is 0 Å². The van der Waals surface area contributed by atoms with Gasteiger partial charge in [-0.2, -0.15) is 0 Å². The molecule has 1 aliphatic rings. The highest BCUT2D eigenvalue weighted by atomic mass is 16.5. The smallest absolute Gasteiger partial charge is 0.115 e. The zero-order valence-corrected chi connectivity index (χ0v) is 11.1. The van der Waals surface area contributed by atoms with Crippen LogP contribution in [0, 0.1) is 5.41 Å². The molecule has 1 aromatic carbocycles. The summed E-state index contributed by atoms with van der Waals surface area (Å²) in [6.45, 7) is 5.91. The van der Waals surface area contributed by atoms with E-state index in [1.54, 1.807) is 6.07 Å². The number of nitrogens with one attached hydrogen (secondary N) is 1. The van der Waals surface area contributed by atoms with Crippen molar-refractivity contribution in [2.24, 2.45) is 5.41 Å². The second-order valence-electron chi connectivity index (χ2n) is 5.33. The van der Waals surface area contributed by atoms with Crippen LogP contribution >= 0.6 is 0 Å². The highest BCUT2D eigenvalue weighted by Crippen LogP contribution is 2.32. The van der Waals surface area contributed by atoms with Gasteiger partial charge in [-0.1, -0.05) is 19.1 Å². The Hall–Kier alpha value is -1.06. The molecule has 100 valence electrons. The minimum atomic E-state index is 0.197. The average Bonchev–Trinajstić information content (AvgIpc) is 2.78. The highest BCUT2D eigenvalue weighted by molar-refractivity contribution is 5.28. The summed E-state index contributed by atoms with van der Waals surface area (Å²) in [5, 5.41) is 13.0. The zero-order valence-electron chi connectivity index (χ0n) is 11.1. The second kappa shape index (κ2) is 6.21. The van der Waals surface area contributed by atoms with Crippen LogP contribution in [0.5, 0.6) is 5.75 Å². The van der Waals surface area contributed by atoms with Crippen molar-refractivity contribution < 1.29 is 9.84 Å². The maximum Gasteiger partial charge on any atom is 0.115 e. The Morgan fingerprint density at radius 1 is 1.44 bits per heavy atom. The van der Waals surface area contributed by atoms with E-state index in [1.165, 1.54) is 5.56 Å². The Labute approximate surface area is 109 Å². The van der Waals surface area contributed by atoms with Crippen molar-refractivity contribution in [3.8, 4) is 5.75 Å². The highest BCUT2D eigenvalue weighted by Gasteiger charge is 2.34. The minimum absolute atomic E-state index is 0.197. The molecule has 1 aromatic rings. The van der Waals surface area contributed by atoms with Gasteiger partial charge < -0.3 is 15.2 Å². The summed E-state index contributed by atoms with van der Waals surface area (Å²) in [6.07, 6.45) is 3.22. The molecule has 0 aromatic heterocycles. The van der Waals surface area contributed by atoms with Crippen LogP contribution in [-0.2, 0) is 11.2 Å². The second-order valence-corrected chi connectivity index (χ2v) is 5.33. The number of rotatable bonds is 6. The summed E-state index contributed by atoms with van der Waals surface area (Å²) in [6, 6.07) is 7.57. The first kappa shape index (κ1) is 13.4. The fraction of sp³-hybridized carbons (Fsp3) is 0.600. The summed E-state index contributed by atoms with van der Waals surface area (Å²) in [5.74, 6) is 0.350. The van der Waals surface area contributed by atoms with Gasteiger partial charge in [0.05, 0.1) is 6.61 Å². The summed E-state index contributed by atoms with van der Waals surface area (Å²) >= 11 is 0. The van der Waals surface area contributed by atoms with Crippen molar-refractivity contribution in [1.29, 1.82) is 0 Å². The van der Waals surface area contributed by atoms with Gasteiger partial charge in [0.25, 0.3) is 0 Å². The molecule has 2 rings (SSSR count). The molecule has 0 amide bonds. The first-order valence-electron chi connectivity index (χ1n) is 6.80. The largest absolute Gasteiger partial charge is 0.508 e. The number of benzene rings is 1. The van der Waals surface area contributed by atoms with Gasteiger partial charge in [0.1, 0.15) is 5.75 Å². The lowest BCUT2D eigenvalue weighted by atomic mass is 9.81. The molecule has 0 spiro atoms. The van der Waals surface area contributed by atoms with Crippen molar-refractivity contribution in [2.45, 2.75) is 26.2 Å². The van der Waals surface area contributed by atoms with Gasteiger partial charge in [0, 0.05) is 18.6 Å². The number of ether oxygens (including phenoxy) is 1. The third-order valence-electron chi connectivity index (χ3n) is 3.60. The molecule has 3 heteroatoms. The van der Waals surface area contributed by atoms with E-state index in [4.69, 9.17) is 4.74 Å². The Bertz CT molecular complexity index is 373. The van der Waals surface area contributed by atoms with Crippen LogP contribution in [0.3, 0.4) is 0 Å². The Kier molecular flexibility index (Phi) is 4.61. The third-order valence-corrected chi connectivity index (χ3v) is 3.60. The monoisotopic (exact) mass is 249 g/mol. The van der Waals surface area contributed by atoms with E-state index in [0.717, 1.165) is 45.6 Å². The van der Waals surface area contributed by atoms with E-state index in [-0.39, 0.29) is 5.41 Å². The number of hydrogen-bond acceptors (Lipinski definition) is 3. The fourth-order valence-electron chi connectivity index (χ4n) is 2.62. The van der Waals surface area contributed by atoms with Crippen LogP contribution in [0.15, 0.2) is 24.3 Å². The lowest BCUT2D eigenvalue weighted by Gasteiger charge is -2.28. The molecule has 1 atom stereocenters. The van der Waals surface area contributed by atoms with Gasteiger partial charge in [-0.05, 0) is 43.5 Å². The Balaban J connectivity index is 2.01. The first-order chi connectivity index (χ1) is 8.74. The van der Waals surface area contributed by atoms with Gasteiger partial charge >= 0.3 is 0 Å². The van der Waals surface area contributed by atoms with E-state index < -0.39 is 0 Å². The molecule has 1 fully saturated rings. The topological polar surface area (TPSA) is 41.5 Å². The van der Waals surface area contributed by atoms with Crippen LogP contribution in [0.2, 0.25) is 0 Å². The van der Waals surface area contributed by atoms with E-state index in [9.17, 15) is 5.11 Å². The molecule has 1 heterocycles. The van der Waals surface area contributed by atoms with Gasteiger partial charge in [-0.3, -0.25) is 0 Å². The first-order valence-corrected chi connectivity index (χ1v) is 6.80. The van der Waals surface area contributed by atoms with Crippen molar-refractivity contribution in [3.05, 3.63) is 29.8 Å². The van der Waals surface area contributed by atoms with Crippen molar-refractivity contribution in [2.75, 3.05) is 26.3 Å².